The number of carbonyl (C=O) groups excluding carboxylic acids is 1. The van der Waals surface area contributed by atoms with E-state index in [2.05, 4.69) is 32.2 Å². The Bertz CT molecular complexity index is 1280. The number of nitrogens with one attached hydrogen (secondary N) is 2. The first kappa shape index (κ1) is 21.8. The molecule has 1 saturated carbocycles. The molecule has 0 saturated heterocycles. The van der Waals surface area contributed by atoms with Crippen molar-refractivity contribution in [2.45, 2.75) is 44.1 Å². The van der Waals surface area contributed by atoms with Gasteiger partial charge in [0.1, 0.15) is 11.2 Å². The lowest BCUT2D eigenvalue weighted by Crippen LogP contribution is -2.57. The van der Waals surface area contributed by atoms with Crippen LogP contribution in [0.1, 0.15) is 48.2 Å². The van der Waals surface area contributed by atoms with Crippen LogP contribution in [0.25, 0.3) is 5.70 Å². The SMILES string of the molecule is CC1=C(c2cc#cc(C(=O)O)c2)NC(C)(NC(=O)C2(c3ccc4c(c3)OC(F)(F)O4)CC2)C=C1. The smallest absolute Gasteiger partial charge is 0.477 e. The standard InChI is InChI=1S/C25H20F2N2O5/c1-14-8-9-23(2,28-20(14)15-4-3-5-16(12-15)21(30)31)29-22(32)24(10-11-24)17-6-7-18-19(13-17)34-25(26,27)33-18/h4,6-9,12-13,28H,10-11H2,1-2H3,(H,29,32)(H,30,31). The Morgan fingerprint density at radius 1 is 1.18 bits per heavy atom. The quantitative estimate of drug-likeness (QED) is 0.621. The van der Waals surface area contributed by atoms with Crippen LogP contribution in [0.5, 0.6) is 11.5 Å². The van der Waals surface area contributed by atoms with Crippen LogP contribution >= 0.6 is 0 Å². The number of amides is 1. The van der Waals surface area contributed by atoms with Crippen LogP contribution in [0, 0.1) is 12.1 Å². The first-order chi connectivity index (χ1) is 16.0. The molecule has 3 N–H and O–H groups in total. The average Bonchev–Trinajstić information content (AvgIpc) is 3.53. The Morgan fingerprint density at radius 2 is 1.91 bits per heavy atom. The summed E-state index contributed by atoms with van der Waals surface area (Å²) in [5.41, 5.74) is 0.792. The topological polar surface area (TPSA) is 96.9 Å². The lowest BCUT2D eigenvalue weighted by Gasteiger charge is -2.36. The molecular weight excluding hydrogens is 446 g/mol. The fourth-order valence-corrected chi connectivity index (χ4v) is 4.21. The third-order valence-electron chi connectivity index (χ3n) is 6.21. The van der Waals surface area contributed by atoms with E-state index in [0.717, 1.165) is 5.57 Å². The number of rotatable bonds is 5. The number of carboxylic acids is 1. The molecule has 7 nitrogen and oxygen atoms in total. The summed E-state index contributed by atoms with van der Waals surface area (Å²) in [5, 5.41) is 15.6. The number of fused-ring (bicyclic) bond motifs is 1. The van der Waals surface area contributed by atoms with Gasteiger partial charge < -0.3 is 25.2 Å². The van der Waals surface area contributed by atoms with Gasteiger partial charge in [0, 0.05) is 11.3 Å². The van der Waals surface area contributed by atoms with Gasteiger partial charge in [-0.1, -0.05) is 24.3 Å². The number of aromatic carboxylic acids is 1. The van der Waals surface area contributed by atoms with Gasteiger partial charge in [0.15, 0.2) is 11.5 Å². The molecule has 2 aromatic rings. The zero-order chi connectivity index (χ0) is 24.3. The van der Waals surface area contributed by atoms with Crippen LogP contribution < -0.4 is 20.1 Å². The number of benzene rings is 1. The van der Waals surface area contributed by atoms with Crippen molar-refractivity contribution in [2.75, 3.05) is 0 Å². The summed E-state index contributed by atoms with van der Waals surface area (Å²) in [6, 6.07) is 12.8. The van der Waals surface area contributed by atoms with Crippen molar-refractivity contribution in [1.29, 1.82) is 0 Å². The second-order valence-corrected chi connectivity index (χ2v) is 8.82. The fourth-order valence-electron chi connectivity index (χ4n) is 4.21. The van der Waals surface area contributed by atoms with Gasteiger partial charge in [-0.25, -0.2) is 4.79 Å². The highest BCUT2D eigenvalue weighted by atomic mass is 19.3. The third-order valence-corrected chi connectivity index (χ3v) is 6.21. The Balaban J connectivity index is 1.37. The molecule has 0 bridgehead atoms. The van der Waals surface area contributed by atoms with Gasteiger partial charge in [0.25, 0.3) is 0 Å². The second-order valence-electron chi connectivity index (χ2n) is 8.82. The molecule has 3 aliphatic rings. The molecule has 0 spiro atoms. The molecule has 0 aromatic heterocycles. The Morgan fingerprint density at radius 3 is 2.62 bits per heavy atom. The molecule has 1 aliphatic carbocycles. The molecule has 9 heteroatoms. The zero-order valence-corrected chi connectivity index (χ0v) is 18.3. The molecule has 174 valence electrons. The summed E-state index contributed by atoms with van der Waals surface area (Å²) in [4.78, 5) is 24.7. The normalized spacial score (nSPS) is 23.1. The number of hydrogen-bond acceptors (Lipinski definition) is 5. The number of ether oxygens (including phenoxy) is 2. The number of carbonyl (C=O) groups is 2. The van der Waals surface area contributed by atoms with Crippen molar-refractivity contribution >= 4 is 17.6 Å². The fraction of sp³-hybridized carbons (Fsp3) is 0.280. The van der Waals surface area contributed by atoms with E-state index in [4.69, 9.17) is 0 Å². The molecule has 1 atom stereocenters. The van der Waals surface area contributed by atoms with Crippen LogP contribution in [0.2, 0.25) is 0 Å². The molecular formula is C25H20F2N2O5. The van der Waals surface area contributed by atoms with E-state index in [9.17, 15) is 23.5 Å². The van der Waals surface area contributed by atoms with Crippen LogP contribution in [0.4, 0.5) is 8.78 Å². The van der Waals surface area contributed by atoms with E-state index < -0.39 is 23.3 Å². The summed E-state index contributed by atoms with van der Waals surface area (Å²) in [6.07, 6.45) is 1.03. The lowest BCUT2D eigenvalue weighted by molar-refractivity contribution is -0.286. The second kappa shape index (κ2) is 7.22. The number of alkyl halides is 2. The summed E-state index contributed by atoms with van der Waals surface area (Å²) >= 11 is 0. The van der Waals surface area contributed by atoms with E-state index in [1.54, 1.807) is 25.1 Å². The van der Waals surface area contributed by atoms with Gasteiger partial charge in [-0.05, 0) is 68.2 Å². The van der Waals surface area contributed by atoms with Crippen molar-refractivity contribution in [3.63, 3.8) is 0 Å². The number of allylic oxidation sites excluding steroid dienone is 2. The maximum absolute atomic E-state index is 13.4. The molecule has 2 aliphatic heterocycles. The van der Waals surface area contributed by atoms with Crippen molar-refractivity contribution in [1.82, 2.24) is 10.6 Å². The van der Waals surface area contributed by atoms with E-state index in [0.29, 0.717) is 29.7 Å². The first-order valence-electron chi connectivity index (χ1n) is 10.6. The minimum Gasteiger partial charge on any atom is -0.477 e. The Kier molecular flexibility index (Phi) is 4.62. The monoisotopic (exact) mass is 466 g/mol. The maximum atomic E-state index is 13.4. The van der Waals surface area contributed by atoms with Crippen LogP contribution in [0.15, 0.2) is 48.1 Å². The molecule has 34 heavy (non-hydrogen) atoms. The minimum absolute atomic E-state index is 0.0230. The minimum atomic E-state index is -3.72. The zero-order valence-electron chi connectivity index (χ0n) is 18.3. The van der Waals surface area contributed by atoms with Gasteiger partial charge in [-0.3, -0.25) is 4.79 Å². The average molecular weight is 466 g/mol. The Labute approximate surface area is 194 Å². The van der Waals surface area contributed by atoms with Crippen LogP contribution in [-0.4, -0.2) is 28.9 Å². The van der Waals surface area contributed by atoms with Crippen molar-refractivity contribution in [2.24, 2.45) is 0 Å². The van der Waals surface area contributed by atoms with Gasteiger partial charge in [-0.15, -0.1) is 8.78 Å². The maximum Gasteiger partial charge on any atom is 0.586 e. The predicted molar refractivity (Wildman–Crippen MR) is 116 cm³/mol. The summed E-state index contributed by atoms with van der Waals surface area (Å²) in [6.45, 7) is 3.64. The van der Waals surface area contributed by atoms with Crippen molar-refractivity contribution in [3.8, 4) is 11.5 Å². The number of hydrogen-bond donors (Lipinski definition) is 3. The van der Waals surface area contributed by atoms with Gasteiger partial charge in [-0.2, -0.15) is 0 Å². The van der Waals surface area contributed by atoms with Gasteiger partial charge >= 0.3 is 12.3 Å². The van der Waals surface area contributed by atoms with Crippen LogP contribution in [0.3, 0.4) is 0 Å². The summed E-state index contributed by atoms with van der Waals surface area (Å²) in [5.74, 6) is -1.56. The summed E-state index contributed by atoms with van der Waals surface area (Å²) < 4.78 is 35.8. The highest BCUT2D eigenvalue weighted by molar-refractivity contribution is 5.93. The molecule has 1 fully saturated rings. The molecule has 1 unspecified atom stereocenters. The van der Waals surface area contributed by atoms with Gasteiger partial charge in [0.05, 0.1) is 5.41 Å². The van der Waals surface area contributed by atoms with Crippen molar-refractivity contribution in [3.05, 3.63) is 76.9 Å². The van der Waals surface area contributed by atoms with E-state index >= 15 is 0 Å². The third kappa shape index (κ3) is 3.71. The molecule has 1 amide bonds. The van der Waals surface area contributed by atoms with E-state index in [1.807, 2.05) is 13.0 Å². The molecule has 2 heterocycles. The van der Waals surface area contributed by atoms with E-state index in [1.165, 1.54) is 18.2 Å². The molecule has 2 aromatic carbocycles. The first-order valence-corrected chi connectivity index (χ1v) is 10.6. The highest BCUT2D eigenvalue weighted by Gasteiger charge is 2.54. The number of carboxylic acid groups (broad SMARTS) is 1. The summed E-state index contributed by atoms with van der Waals surface area (Å²) in [7, 11) is 0. The number of dihydropyridines is 1. The lowest BCUT2D eigenvalue weighted by atomic mass is 9.92. The molecule has 5 rings (SSSR count). The number of halogens is 2. The van der Waals surface area contributed by atoms with Crippen molar-refractivity contribution < 1.29 is 33.0 Å². The predicted octanol–water partition coefficient (Wildman–Crippen LogP) is 3.76. The van der Waals surface area contributed by atoms with Crippen LogP contribution in [-0.2, 0) is 10.2 Å². The van der Waals surface area contributed by atoms with E-state index in [-0.39, 0.29) is 23.0 Å². The Hall–Kier alpha value is -4.06. The van der Waals surface area contributed by atoms with Gasteiger partial charge in [0.2, 0.25) is 5.91 Å². The largest absolute Gasteiger partial charge is 0.586 e. The highest BCUT2D eigenvalue weighted by Crippen LogP contribution is 2.52. The molecule has 0 radical (unpaired) electrons.